The Morgan fingerprint density at radius 2 is 2.04 bits per heavy atom. The summed E-state index contributed by atoms with van der Waals surface area (Å²) >= 11 is 12.2. The largest absolute Gasteiger partial charge is 0.394 e. The van der Waals surface area contributed by atoms with E-state index in [1.54, 1.807) is 41.7 Å². The number of aliphatic hydroxyl groups excluding tert-OH is 1. The Morgan fingerprint density at radius 1 is 1.18 bits per heavy atom. The number of nitrogens with one attached hydrogen (secondary N) is 1. The Bertz CT molecular complexity index is 1060. The van der Waals surface area contributed by atoms with Crippen molar-refractivity contribution in [2.45, 2.75) is 6.04 Å². The second-order valence-electron chi connectivity index (χ2n) is 6.42. The highest BCUT2D eigenvalue weighted by atomic mass is 35.5. The first-order chi connectivity index (χ1) is 13.6. The zero-order valence-electron chi connectivity index (χ0n) is 14.6. The molecule has 0 fully saturated rings. The van der Waals surface area contributed by atoms with Crippen LogP contribution in [0.1, 0.15) is 22.0 Å². The van der Waals surface area contributed by atoms with Crippen LogP contribution < -0.4 is 0 Å². The molecule has 0 saturated carbocycles. The number of benzene rings is 2. The third-order valence-corrected chi connectivity index (χ3v) is 5.20. The second-order valence-corrected chi connectivity index (χ2v) is 7.24. The van der Waals surface area contributed by atoms with Gasteiger partial charge in [0.15, 0.2) is 5.78 Å². The van der Waals surface area contributed by atoms with E-state index in [-0.39, 0.29) is 18.9 Å². The van der Waals surface area contributed by atoms with Crippen LogP contribution in [-0.4, -0.2) is 45.5 Å². The molecule has 28 heavy (non-hydrogen) atoms. The van der Waals surface area contributed by atoms with E-state index in [4.69, 9.17) is 23.2 Å². The van der Waals surface area contributed by atoms with Crippen molar-refractivity contribution in [3.8, 4) is 11.1 Å². The average Bonchev–Trinajstić information content (AvgIpc) is 3.05. The van der Waals surface area contributed by atoms with E-state index in [2.05, 4.69) is 15.2 Å². The van der Waals surface area contributed by atoms with Crippen LogP contribution in [0.2, 0.25) is 10.2 Å². The minimum atomic E-state index is -0.427. The molecule has 4 rings (SSSR count). The number of aromatic nitrogens is 2. The Labute approximate surface area is 171 Å². The van der Waals surface area contributed by atoms with Crippen molar-refractivity contribution >= 4 is 41.0 Å². The summed E-state index contributed by atoms with van der Waals surface area (Å²) in [6.07, 6.45) is 3.21. The molecule has 2 aromatic carbocycles. The van der Waals surface area contributed by atoms with Crippen molar-refractivity contribution in [1.29, 1.82) is 0 Å². The number of carbonyl (C=O) groups excluding carboxylic acids is 1. The molecular formula is C20H16Cl2N4O2. The summed E-state index contributed by atoms with van der Waals surface area (Å²) in [6.45, 7) is -0.0775. The number of carbonyl (C=O) groups is 1. The number of rotatable bonds is 4. The fraction of sp³-hybridized carbons (Fsp3) is 0.150. The van der Waals surface area contributed by atoms with Crippen LogP contribution in [0.25, 0.3) is 11.1 Å². The number of aromatic amines is 1. The van der Waals surface area contributed by atoms with Crippen molar-refractivity contribution < 1.29 is 9.90 Å². The Hall–Kier alpha value is -2.67. The molecule has 0 radical (unpaired) electrons. The number of aliphatic imine (C=N–C) groups is 1. The number of fused-ring (bicyclic) bond motifs is 1. The molecule has 3 aromatic rings. The standard InChI is InChI=1S/C20H16Cl2N4O2/c21-14-3-1-2-13(6-14)18(10-27)26-9-19(28)15-5-4-12(7-17(15)23-11-26)16-8-24-25-20(16)22/h1-8,11,18,27H,9-10H2,(H,24,25). The predicted octanol–water partition coefficient (Wildman–Crippen LogP) is 4.28. The molecule has 2 N–H and O–H groups in total. The van der Waals surface area contributed by atoms with Crippen molar-refractivity contribution in [2.24, 2.45) is 4.99 Å². The topological polar surface area (TPSA) is 81.6 Å². The highest BCUT2D eigenvalue weighted by Crippen LogP contribution is 2.33. The van der Waals surface area contributed by atoms with E-state index in [9.17, 15) is 9.90 Å². The maximum Gasteiger partial charge on any atom is 0.184 e. The lowest BCUT2D eigenvalue weighted by Gasteiger charge is -2.27. The molecule has 8 heteroatoms. The smallest absolute Gasteiger partial charge is 0.184 e. The minimum absolute atomic E-state index is 0.0854. The molecule has 6 nitrogen and oxygen atoms in total. The minimum Gasteiger partial charge on any atom is -0.394 e. The van der Waals surface area contributed by atoms with Gasteiger partial charge >= 0.3 is 0 Å². The Kier molecular flexibility index (Phi) is 5.17. The van der Waals surface area contributed by atoms with Crippen molar-refractivity contribution in [2.75, 3.05) is 13.2 Å². The molecule has 1 atom stereocenters. The summed E-state index contributed by atoms with van der Waals surface area (Å²) in [4.78, 5) is 19.0. The number of halogens is 2. The number of H-pyrrole nitrogens is 1. The molecule has 0 amide bonds. The van der Waals surface area contributed by atoms with Gasteiger partial charge in [-0.25, -0.2) is 4.99 Å². The van der Waals surface area contributed by atoms with Gasteiger partial charge in [-0.1, -0.05) is 41.4 Å². The Balaban J connectivity index is 1.69. The van der Waals surface area contributed by atoms with Gasteiger partial charge in [-0.2, -0.15) is 5.10 Å². The number of aliphatic hydroxyl groups is 1. The van der Waals surface area contributed by atoms with Gasteiger partial charge < -0.3 is 10.0 Å². The molecule has 1 aliphatic heterocycles. The third-order valence-electron chi connectivity index (χ3n) is 4.68. The SMILES string of the molecule is O=C1CN(C(CO)c2cccc(Cl)c2)C=Nc2cc(-c3cn[nH]c3Cl)ccc21. The lowest BCUT2D eigenvalue weighted by molar-refractivity contribution is 0.0932. The van der Waals surface area contributed by atoms with Gasteiger partial charge in [0.2, 0.25) is 0 Å². The fourth-order valence-corrected chi connectivity index (χ4v) is 3.65. The number of hydrogen-bond acceptors (Lipinski definition) is 5. The van der Waals surface area contributed by atoms with Gasteiger partial charge in [-0.05, 0) is 35.4 Å². The Morgan fingerprint density at radius 3 is 2.75 bits per heavy atom. The fourth-order valence-electron chi connectivity index (χ4n) is 3.25. The third kappa shape index (κ3) is 3.54. The molecule has 0 spiro atoms. The van der Waals surface area contributed by atoms with Crippen LogP contribution in [0.4, 0.5) is 5.69 Å². The molecule has 0 saturated heterocycles. The van der Waals surface area contributed by atoms with Crippen LogP contribution >= 0.6 is 23.2 Å². The molecule has 0 bridgehead atoms. The summed E-state index contributed by atoms with van der Waals surface area (Å²) in [5, 5.41) is 17.5. The molecule has 1 unspecified atom stereocenters. The van der Waals surface area contributed by atoms with Crippen LogP contribution in [0.15, 0.2) is 53.7 Å². The number of hydrogen-bond donors (Lipinski definition) is 2. The summed E-state index contributed by atoms with van der Waals surface area (Å²) in [6, 6.07) is 12.1. The van der Waals surface area contributed by atoms with Gasteiger partial charge in [-0.3, -0.25) is 9.89 Å². The first-order valence-electron chi connectivity index (χ1n) is 8.59. The van der Waals surface area contributed by atoms with Crippen molar-refractivity contribution in [3.05, 3.63) is 70.0 Å². The molecule has 142 valence electrons. The van der Waals surface area contributed by atoms with Crippen LogP contribution in [-0.2, 0) is 0 Å². The number of Topliss-reactive ketones (excluding diaryl/α,β-unsaturated/α-hetero) is 1. The number of ketones is 1. The van der Waals surface area contributed by atoms with Crippen LogP contribution in [0.5, 0.6) is 0 Å². The van der Waals surface area contributed by atoms with Gasteiger partial charge in [0.05, 0.1) is 37.4 Å². The van der Waals surface area contributed by atoms with E-state index in [0.717, 1.165) is 16.7 Å². The van der Waals surface area contributed by atoms with E-state index in [1.165, 1.54) is 0 Å². The van der Waals surface area contributed by atoms with Crippen molar-refractivity contribution in [3.63, 3.8) is 0 Å². The molecular weight excluding hydrogens is 399 g/mol. The monoisotopic (exact) mass is 414 g/mol. The maximum atomic E-state index is 12.8. The zero-order chi connectivity index (χ0) is 19.7. The maximum absolute atomic E-state index is 12.8. The van der Waals surface area contributed by atoms with Gasteiger partial charge in [0, 0.05) is 16.1 Å². The highest BCUT2D eigenvalue weighted by Gasteiger charge is 2.25. The summed E-state index contributed by atoms with van der Waals surface area (Å²) in [7, 11) is 0. The van der Waals surface area contributed by atoms with E-state index in [1.807, 2.05) is 18.2 Å². The second kappa shape index (κ2) is 7.75. The lowest BCUT2D eigenvalue weighted by atomic mass is 10.0. The van der Waals surface area contributed by atoms with Crippen LogP contribution in [0.3, 0.4) is 0 Å². The quantitative estimate of drug-likeness (QED) is 0.667. The van der Waals surface area contributed by atoms with E-state index >= 15 is 0 Å². The summed E-state index contributed by atoms with van der Waals surface area (Å²) in [5.41, 5.74) is 3.42. The van der Waals surface area contributed by atoms with Gasteiger partial charge in [0.1, 0.15) is 5.15 Å². The van der Waals surface area contributed by atoms with Crippen molar-refractivity contribution in [1.82, 2.24) is 15.1 Å². The van der Waals surface area contributed by atoms with E-state index in [0.29, 0.717) is 21.4 Å². The number of nitrogens with zero attached hydrogens (tertiary/aromatic N) is 3. The summed E-state index contributed by atoms with van der Waals surface area (Å²) in [5.74, 6) is -0.0854. The molecule has 0 aliphatic carbocycles. The average molecular weight is 415 g/mol. The normalized spacial score (nSPS) is 14.7. The lowest BCUT2D eigenvalue weighted by Crippen LogP contribution is -2.33. The highest BCUT2D eigenvalue weighted by molar-refractivity contribution is 6.32. The first kappa shape index (κ1) is 18.7. The molecule has 2 heterocycles. The van der Waals surface area contributed by atoms with E-state index < -0.39 is 6.04 Å². The van der Waals surface area contributed by atoms with Gasteiger partial charge in [-0.15, -0.1) is 0 Å². The predicted molar refractivity (Wildman–Crippen MR) is 110 cm³/mol. The molecule has 1 aliphatic rings. The molecule has 1 aromatic heterocycles. The summed E-state index contributed by atoms with van der Waals surface area (Å²) < 4.78 is 0. The van der Waals surface area contributed by atoms with Crippen LogP contribution in [0, 0.1) is 0 Å². The zero-order valence-corrected chi connectivity index (χ0v) is 16.2. The first-order valence-corrected chi connectivity index (χ1v) is 9.35. The van der Waals surface area contributed by atoms with Gasteiger partial charge in [0.25, 0.3) is 0 Å².